The number of carbonyl (C=O) groups excluding carboxylic acids is 2. The first kappa shape index (κ1) is 16.0. The zero-order chi connectivity index (χ0) is 15.7. The minimum atomic E-state index is -0.902. The number of ether oxygens (including phenoxy) is 2. The summed E-state index contributed by atoms with van der Waals surface area (Å²) in [6, 6.07) is 8.69. The van der Waals surface area contributed by atoms with Crippen molar-refractivity contribution in [2.24, 2.45) is 0 Å². The molecular formula is C14H15N3O4. The Morgan fingerprint density at radius 1 is 1.38 bits per heavy atom. The number of alkyl carbamates (subject to hydrolysis) is 1. The minimum absolute atomic E-state index is 0.129. The second kappa shape index (κ2) is 8.22. The molecule has 2 N–H and O–H groups in total. The molecule has 0 unspecified atom stereocenters. The third-order valence-corrected chi connectivity index (χ3v) is 2.34. The van der Waals surface area contributed by atoms with E-state index in [4.69, 9.17) is 10.00 Å². The van der Waals surface area contributed by atoms with Gasteiger partial charge in [-0.15, -0.1) is 0 Å². The van der Waals surface area contributed by atoms with Crippen LogP contribution in [0, 0.1) is 11.3 Å². The Balaban J connectivity index is 2.78. The van der Waals surface area contributed by atoms with Gasteiger partial charge in [-0.2, -0.15) is 5.26 Å². The molecule has 1 aromatic rings. The van der Waals surface area contributed by atoms with Crippen LogP contribution in [0.1, 0.15) is 6.92 Å². The average Bonchev–Trinajstić information content (AvgIpc) is 2.48. The number of carbonyl (C=O) groups is 2. The number of methoxy groups -OCH3 is 1. The number of nitrogens with zero attached hydrogens (tertiary/aromatic N) is 1. The molecule has 0 spiro atoms. The Hall–Kier alpha value is -3.01. The molecule has 0 saturated carbocycles. The first-order chi connectivity index (χ1) is 10.1. The number of hydrogen-bond donors (Lipinski definition) is 2. The number of nitrogens with one attached hydrogen (secondary N) is 2. The maximum absolute atomic E-state index is 11.7. The first-order valence-electron chi connectivity index (χ1n) is 6.10. The minimum Gasteiger partial charge on any atom is -0.495 e. The molecule has 7 heteroatoms. The van der Waals surface area contributed by atoms with Gasteiger partial charge in [-0.3, -0.25) is 10.1 Å². The van der Waals surface area contributed by atoms with Crippen molar-refractivity contribution < 1.29 is 19.1 Å². The van der Waals surface area contributed by atoms with Crippen LogP contribution in [0.25, 0.3) is 0 Å². The normalized spacial score (nSPS) is 10.2. The number of hydrogen-bond acceptors (Lipinski definition) is 6. The van der Waals surface area contributed by atoms with Crippen LogP contribution in [0.15, 0.2) is 36.0 Å². The van der Waals surface area contributed by atoms with Crippen LogP contribution in [-0.2, 0) is 9.53 Å². The molecule has 0 bridgehead atoms. The van der Waals surface area contributed by atoms with Gasteiger partial charge < -0.3 is 14.8 Å². The van der Waals surface area contributed by atoms with Gasteiger partial charge in [0.1, 0.15) is 17.4 Å². The second-order valence-electron chi connectivity index (χ2n) is 3.69. The Bertz CT molecular complexity index is 590. The Morgan fingerprint density at radius 2 is 2.10 bits per heavy atom. The molecule has 0 saturated heterocycles. The predicted molar refractivity (Wildman–Crippen MR) is 75.5 cm³/mol. The number of nitriles is 1. The molecule has 0 aliphatic carbocycles. The monoisotopic (exact) mass is 289 g/mol. The lowest BCUT2D eigenvalue weighted by atomic mass is 10.2. The van der Waals surface area contributed by atoms with Gasteiger partial charge in [0.05, 0.1) is 19.4 Å². The van der Waals surface area contributed by atoms with E-state index in [0.717, 1.165) is 0 Å². The van der Waals surface area contributed by atoms with E-state index in [2.05, 4.69) is 10.1 Å². The summed E-state index contributed by atoms with van der Waals surface area (Å²) in [4.78, 5) is 22.8. The summed E-state index contributed by atoms with van der Waals surface area (Å²) >= 11 is 0. The molecule has 0 heterocycles. The van der Waals surface area contributed by atoms with Gasteiger partial charge in [0.25, 0.3) is 5.91 Å². The largest absolute Gasteiger partial charge is 0.495 e. The molecule has 7 nitrogen and oxygen atoms in total. The highest BCUT2D eigenvalue weighted by Crippen LogP contribution is 2.23. The van der Waals surface area contributed by atoms with Crippen LogP contribution >= 0.6 is 0 Å². The van der Waals surface area contributed by atoms with Gasteiger partial charge >= 0.3 is 6.09 Å². The average molecular weight is 289 g/mol. The van der Waals surface area contributed by atoms with Gasteiger partial charge in [-0.25, -0.2) is 4.79 Å². The maximum Gasteiger partial charge on any atom is 0.414 e. The van der Waals surface area contributed by atoms with Crippen molar-refractivity contribution in [3.05, 3.63) is 36.0 Å². The maximum atomic E-state index is 11.7. The number of anilines is 1. The second-order valence-corrected chi connectivity index (χ2v) is 3.69. The van der Waals surface area contributed by atoms with Crippen LogP contribution in [-0.4, -0.2) is 25.7 Å². The fraction of sp³-hybridized carbons (Fsp3) is 0.214. The van der Waals surface area contributed by atoms with Crippen molar-refractivity contribution in [3.63, 3.8) is 0 Å². The highest BCUT2D eigenvalue weighted by Gasteiger charge is 2.13. The molecule has 1 aromatic carbocycles. The summed E-state index contributed by atoms with van der Waals surface area (Å²) in [5.41, 5.74) is 0.311. The molecule has 0 fully saturated rings. The van der Waals surface area contributed by atoms with Crippen molar-refractivity contribution in [3.8, 4) is 11.8 Å². The molecular weight excluding hydrogens is 274 g/mol. The van der Waals surface area contributed by atoms with E-state index >= 15 is 0 Å². The summed E-state index contributed by atoms with van der Waals surface area (Å²) in [6.45, 7) is 1.73. The van der Waals surface area contributed by atoms with Gasteiger partial charge in [0.2, 0.25) is 0 Å². The van der Waals surface area contributed by atoms with E-state index < -0.39 is 12.0 Å². The lowest BCUT2D eigenvalue weighted by Crippen LogP contribution is -2.32. The predicted octanol–water partition coefficient (Wildman–Crippen LogP) is 1.79. The molecule has 1 rings (SSSR count). The van der Waals surface area contributed by atoms with Crippen molar-refractivity contribution in [2.75, 3.05) is 19.0 Å². The van der Waals surface area contributed by atoms with E-state index in [1.807, 2.05) is 5.32 Å². The van der Waals surface area contributed by atoms with Gasteiger partial charge in [0.15, 0.2) is 0 Å². The van der Waals surface area contributed by atoms with Crippen LogP contribution in [0.3, 0.4) is 0 Å². The van der Waals surface area contributed by atoms with E-state index in [0.29, 0.717) is 11.4 Å². The van der Waals surface area contributed by atoms with Crippen LogP contribution in [0.4, 0.5) is 10.5 Å². The molecule has 110 valence electrons. The third kappa shape index (κ3) is 4.87. The topological polar surface area (TPSA) is 100 Å². The van der Waals surface area contributed by atoms with Gasteiger partial charge in [0, 0.05) is 6.20 Å². The summed E-state index contributed by atoms with van der Waals surface area (Å²) in [5, 5.41) is 13.7. The molecule has 0 aliphatic heterocycles. The van der Waals surface area contributed by atoms with Crippen molar-refractivity contribution in [2.45, 2.75) is 6.92 Å². The summed E-state index contributed by atoms with van der Waals surface area (Å²) in [6.07, 6.45) is 0.285. The van der Waals surface area contributed by atoms with Crippen LogP contribution in [0.2, 0.25) is 0 Å². The smallest absolute Gasteiger partial charge is 0.414 e. The molecule has 0 aliphatic rings. The number of imide groups is 1. The zero-order valence-corrected chi connectivity index (χ0v) is 11.7. The fourth-order valence-electron chi connectivity index (χ4n) is 1.39. The quantitative estimate of drug-likeness (QED) is 0.633. The molecule has 21 heavy (non-hydrogen) atoms. The molecule has 0 radical (unpaired) electrons. The van der Waals surface area contributed by atoms with E-state index in [9.17, 15) is 9.59 Å². The van der Waals surface area contributed by atoms with Crippen LogP contribution in [0.5, 0.6) is 5.75 Å². The number of rotatable bonds is 5. The van der Waals surface area contributed by atoms with E-state index in [1.54, 1.807) is 37.3 Å². The molecule has 0 atom stereocenters. The fourth-order valence-corrected chi connectivity index (χ4v) is 1.39. The van der Waals surface area contributed by atoms with Crippen molar-refractivity contribution in [1.29, 1.82) is 5.26 Å². The first-order valence-corrected chi connectivity index (χ1v) is 6.10. The lowest BCUT2D eigenvalue weighted by molar-refractivity contribution is -0.116. The van der Waals surface area contributed by atoms with E-state index in [-0.39, 0.29) is 12.2 Å². The highest BCUT2D eigenvalue weighted by atomic mass is 16.5. The summed E-state index contributed by atoms with van der Waals surface area (Å²) in [7, 11) is 1.50. The Morgan fingerprint density at radius 3 is 2.71 bits per heavy atom. The summed E-state index contributed by atoms with van der Waals surface area (Å²) in [5.74, 6) is -0.296. The van der Waals surface area contributed by atoms with Gasteiger partial charge in [-0.1, -0.05) is 12.1 Å². The third-order valence-electron chi connectivity index (χ3n) is 2.34. The zero-order valence-electron chi connectivity index (χ0n) is 11.7. The Labute approximate surface area is 122 Å². The molecule has 2 amide bonds. The van der Waals surface area contributed by atoms with Gasteiger partial charge in [-0.05, 0) is 19.1 Å². The SMILES string of the molecule is CCOC(=O)NC(=O)/C(C#N)=C\Nc1ccccc1OC. The number of amides is 2. The Kier molecular flexibility index (Phi) is 6.28. The van der Waals surface area contributed by atoms with Crippen molar-refractivity contribution in [1.82, 2.24) is 5.32 Å². The van der Waals surface area contributed by atoms with Crippen LogP contribution < -0.4 is 15.4 Å². The highest BCUT2D eigenvalue weighted by molar-refractivity contribution is 6.05. The standard InChI is InChI=1S/C14H15N3O4/c1-3-21-14(19)17-13(18)10(8-15)9-16-11-6-4-5-7-12(11)20-2/h4-7,9,16H,3H2,1-2H3,(H,17,18,19)/b10-9-. The number of para-hydroxylation sites is 2. The summed E-state index contributed by atoms with van der Waals surface area (Å²) < 4.78 is 9.68. The van der Waals surface area contributed by atoms with Crippen molar-refractivity contribution >= 4 is 17.7 Å². The molecule has 0 aromatic heterocycles. The lowest BCUT2D eigenvalue weighted by Gasteiger charge is -2.08. The van der Waals surface area contributed by atoms with E-state index in [1.165, 1.54) is 13.3 Å². The number of benzene rings is 1.